The van der Waals surface area contributed by atoms with Crippen LogP contribution < -0.4 is 4.90 Å². The van der Waals surface area contributed by atoms with Gasteiger partial charge in [0.05, 0.1) is 10.6 Å². The van der Waals surface area contributed by atoms with Crippen molar-refractivity contribution in [1.29, 1.82) is 0 Å². The number of amides is 1. The highest BCUT2D eigenvalue weighted by molar-refractivity contribution is 8.27. The van der Waals surface area contributed by atoms with Crippen LogP contribution in [0.1, 0.15) is 28.4 Å². The Hall–Kier alpha value is -2.24. The van der Waals surface area contributed by atoms with Gasteiger partial charge in [0.1, 0.15) is 0 Å². The summed E-state index contributed by atoms with van der Waals surface area (Å²) >= 11 is 6.65. The quantitative estimate of drug-likeness (QED) is 0.459. The lowest BCUT2D eigenvalue weighted by Gasteiger charge is -2.14. The van der Waals surface area contributed by atoms with Crippen molar-refractivity contribution >= 4 is 51.8 Å². The highest BCUT2D eigenvalue weighted by Crippen LogP contribution is 2.36. The SMILES string of the molecule is CC(=O)c1ccc(/C=C2\SC(=S)N(c3ccc(C)cc3)C2=O)cc1. The van der Waals surface area contributed by atoms with Gasteiger partial charge in [0.15, 0.2) is 10.1 Å². The number of rotatable bonds is 3. The number of nitrogens with zero attached hydrogens (tertiary/aromatic N) is 1. The molecule has 1 saturated heterocycles. The summed E-state index contributed by atoms with van der Waals surface area (Å²) in [4.78, 5) is 26.1. The molecule has 0 N–H and O–H groups in total. The molecule has 1 fully saturated rings. The molecule has 0 atom stereocenters. The van der Waals surface area contributed by atoms with Crippen LogP contribution in [0.3, 0.4) is 0 Å². The van der Waals surface area contributed by atoms with E-state index in [9.17, 15) is 9.59 Å². The predicted molar refractivity (Wildman–Crippen MR) is 103 cm³/mol. The summed E-state index contributed by atoms with van der Waals surface area (Å²) in [5, 5.41) is 0. The Morgan fingerprint density at radius 1 is 1.08 bits per heavy atom. The maximum Gasteiger partial charge on any atom is 0.270 e. The highest BCUT2D eigenvalue weighted by atomic mass is 32.2. The fourth-order valence-electron chi connectivity index (χ4n) is 2.35. The van der Waals surface area contributed by atoms with E-state index in [0.717, 1.165) is 16.8 Å². The highest BCUT2D eigenvalue weighted by Gasteiger charge is 2.33. The van der Waals surface area contributed by atoms with Gasteiger partial charge in [0.2, 0.25) is 0 Å². The smallest absolute Gasteiger partial charge is 0.270 e. The molecule has 0 aliphatic carbocycles. The van der Waals surface area contributed by atoms with Crippen LogP contribution in [-0.4, -0.2) is 16.0 Å². The molecule has 1 amide bonds. The zero-order valence-corrected chi connectivity index (χ0v) is 14.9. The summed E-state index contributed by atoms with van der Waals surface area (Å²) < 4.78 is 0.524. The first-order chi connectivity index (χ1) is 11.5. The second-order valence-corrected chi connectivity index (χ2v) is 7.21. The standard InChI is InChI=1S/C19H15NO2S2/c1-12-3-9-16(10-4-12)20-18(22)17(24-19(20)23)11-14-5-7-15(8-6-14)13(2)21/h3-11H,1-2H3/b17-11-. The molecule has 0 aromatic heterocycles. The van der Waals surface area contributed by atoms with Gasteiger partial charge in [-0.25, -0.2) is 0 Å². The van der Waals surface area contributed by atoms with Gasteiger partial charge in [-0.05, 0) is 37.6 Å². The molecule has 0 spiro atoms. The van der Waals surface area contributed by atoms with Gasteiger partial charge in [-0.1, -0.05) is 65.9 Å². The van der Waals surface area contributed by atoms with E-state index in [-0.39, 0.29) is 11.7 Å². The molecule has 1 heterocycles. The molecule has 1 aliphatic rings. The zero-order valence-electron chi connectivity index (χ0n) is 13.3. The number of aryl methyl sites for hydroxylation is 1. The topological polar surface area (TPSA) is 37.4 Å². The molecular formula is C19H15NO2S2. The Kier molecular flexibility index (Phi) is 4.64. The summed E-state index contributed by atoms with van der Waals surface area (Å²) in [5.41, 5.74) is 3.42. The lowest BCUT2D eigenvalue weighted by molar-refractivity contribution is -0.113. The number of ketones is 1. The van der Waals surface area contributed by atoms with Gasteiger partial charge < -0.3 is 0 Å². The number of hydrogen-bond acceptors (Lipinski definition) is 4. The van der Waals surface area contributed by atoms with E-state index in [4.69, 9.17) is 12.2 Å². The number of thioether (sulfide) groups is 1. The van der Waals surface area contributed by atoms with E-state index in [1.54, 1.807) is 23.1 Å². The Balaban J connectivity index is 1.87. The van der Waals surface area contributed by atoms with E-state index < -0.39 is 0 Å². The molecule has 1 aliphatic heterocycles. The fraction of sp³-hybridized carbons (Fsp3) is 0.105. The monoisotopic (exact) mass is 353 g/mol. The summed E-state index contributed by atoms with van der Waals surface area (Å²) in [6.07, 6.45) is 1.80. The van der Waals surface area contributed by atoms with Crippen LogP contribution in [0, 0.1) is 6.92 Å². The van der Waals surface area contributed by atoms with E-state index in [2.05, 4.69) is 0 Å². The third kappa shape index (κ3) is 3.32. The van der Waals surface area contributed by atoms with Crippen molar-refractivity contribution in [2.75, 3.05) is 4.90 Å². The van der Waals surface area contributed by atoms with Gasteiger partial charge in [-0.3, -0.25) is 14.5 Å². The molecule has 3 rings (SSSR count). The minimum Gasteiger partial charge on any atom is -0.295 e. The molecular weight excluding hydrogens is 338 g/mol. The second kappa shape index (κ2) is 6.71. The molecule has 120 valence electrons. The maximum absolute atomic E-state index is 12.7. The maximum atomic E-state index is 12.7. The molecule has 0 unspecified atom stereocenters. The van der Waals surface area contributed by atoms with Crippen LogP contribution in [-0.2, 0) is 4.79 Å². The van der Waals surface area contributed by atoms with Crippen molar-refractivity contribution in [2.24, 2.45) is 0 Å². The van der Waals surface area contributed by atoms with Crippen molar-refractivity contribution in [2.45, 2.75) is 13.8 Å². The summed E-state index contributed by atoms with van der Waals surface area (Å²) in [7, 11) is 0. The van der Waals surface area contributed by atoms with Crippen molar-refractivity contribution in [3.05, 3.63) is 70.1 Å². The molecule has 3 nitrogen and oxygen atoms in total. The lowest BCUT2D eigenvalue weighted by atomic mass is 10.1. The number of anilines is 1. The average Bonchev–Trinajstić information content (AvgIpc) is 2.83. The lowest BCUT2D eigenvalue weighted by Crippen LogP contribution is -2.27. The van der Waals surface area contributed by atoms with E-state index >= 15 is 0 Å². The number of carbonyl (C=O) groups is 2. The Bertz CT molecular complexity index is 852. The molecule has 0 saturated carbocycles. The molecule has 24 heavy (non-hydrogen) atoms. The van der Waals surface area contributed by atoms with Crippen molar-refractivity contribution in [1.82, 2.24) is 0 Å². The molecule has 2 aromatic carbocycles. The number of Topliss-reactive ketones (excluding diaryl/α,β-unsaturated/α-hetero) is 1. The third-order valence-corrected chi connectivity index (χ3v) is 5.00. The van der Waals surface area contributed by atoms with Gasteiger partial charge in [-0.2, -0.15) is 0 Å². The summed E-state index contributed by atoms with van der Waals surface area (Å²) in [5.74, 6) is -0.100. The Morgan fingerprint density at radius 3 is 2.29 bits per heavy atom. The fourth-order valence-corrected chi connectivity index (χ4v) is 3.65. The number of hydrogen-bond donors (Lipinski definition) is 0. The van der Waals surface area contributed by atoms with Gasteiger partial charge >= 0.3 is 0 Å². The average molecular weight is 353 g/mol. The number of thiocarbonyl (C=S) groups is 1. The predicted octanol–water partition coefficient (Wildman–Crippen LogP) is 4.60. The first-order valence-electron chi connectivity index (χ1n) is 7.41. The van der Waals surface area contributed by atoms with Gasteiger partial charge in [-0.15, -0.1) is 0 Å². The molecule has 2 aromatic rings. The second-order valence-electron chi connectivity index (χ2n) is 5.53. The van der Waals surface area contributed by atoms with Crippen LogP contribution in [0.15, 0.2) is 53.4 Å². The molecule has 5 heteroatoms. The van der Waals surface area contributed by atoms with Crippen molar-refractivity contribution in [3.8, 4) is 0 Å². The van der Waals surface area contributed by atoms with Crippen LogP contribution in [0.5, 0.6) is 0 Å². The Morgan fingerprint density at radius 2 is 1.71 bits per heavy atom. The van der Waals surface area contributed by atoms with Crippen LogP contribution in [0.2, 0.25) is 0 Å². The number of benzene rings is 2. The minimum absolute atomic E-state index is 0.0206. The van der Waals surface area contributed by atoms with Crippen LogP contribution in [0.4, 0.5) is 5.69 Å². The van der Waals surface area contributed by atoms with Crippen molar-refractivity contribution < 1.29 is 9.59 Å². The van der Waals surface area contributed by atoms with Crippen LogP contribution >= 0.6 is 24.0 Å². The largest absolute Gasteiger partial charge is 0.295 e. The van der Waals surface area contributed by atoms with E-state index in [1.807, 2.05) is 43.3 Å². The summed E-state index contributed by atoms with van der Waals surface area (Å²) in [6.45, 7) is 3.53. The molecule has 0 radical (unpaired) electrons. The molecule has 0 bridgehead atoms. The van der Waals surface area contributed by atoms with E-state index in [0.29, 0.717) is 14.8 Å². The number of carbonyl (C=O) groups excluding carboxylic acids is 2. The van der Waals surface area contributed by atoms with E-state index in [1.165, 1.54) is 18.7 Å². The van der Waals surface area contributed by atoms with Crippen LogP contribution in [0.25, 0.3) is 6.08 Å². The summed E-state index contributed by atoms with van der Waals surface area (Å²) in [6, 6.07) is 14.9. The van der Waals surface area contributed by atoms with Gasteiger partial charge in [0.25, 0.3) is 5.91 Å². The van der Waals surface area contributed by atoms with Crippen molar-refractivity contribution in [3.63, 3.8) is 0 Å². The minimum atomic E-state index is -0.121. The first-order valence-corrected chi connectivity index (χ1v) is 8.64. The normalized spacial score (nSPS) is 16.1. The zero-order chi connectivity index (χ0) is 17.3. The Labute approximate surface area is 150 Å². The third-order valence-electron chi connectivity index (χ3n) is 3.70. The first kappa shape index (κ1) is 16.6. The van der Waals surface area contributed by atoms with Gasteiger partial charge in [0, 0.05) is 5.56 Å².